The molecule has 0 aliphatic heterocycles. The van der Waals surface area contributed by atoms with Crippen LogP contribution < -0.4 is 5.32 Å². The molecule has 2 aromatic rings. The Morgan fingerprint density at radius 2 is 2.12 bits per heavy atom. The van der Waals surface area contributed by atoms with Crippen molar-refractivity contribution in [3.63, 3.8) is 0 Å². The fraction of sp³-hybridized carbons (Fsp3) is 0.167. The summed E-state index contributed by atoms with van der Waals surface area (Å²) < 4.78 is 15.0. The SMILES string of the molecule is CC(=O)Nc1cc(C)nn1-c1ccccc1F. The second-order valence-electron chi connectivity index (χ2n) is 3.72. The lowest BCUT2D eigenvalue weighted by Crippen LogP contribution is -2.11. The summed E-state index contributed by atoms with van der Waals surface area (Å²) in [7, 11) is 0. The molecule has 0 atom stereocenters. The summed E-state index contributed by atoms with van der Waals surface area (Å²) >= 11 is 0. The minimum absolute atomic E-state index is 0.220. The topological polar surface area (TPSA) is 46.9 Å². The van der Waals surface area contributed by atoms with Crippen molar-refractivity contribution < 1.29 is 9.18 Å². The Hall–Kier alpha value is -2.17. The number of aromatic nitrogens is 2. The molecule has 2 rings (SSSR count). The lowest BCUT2D eigenvalue weighted by molar-refractivity contribution is -0.114. The number of carbonyl (C=O) groups excluding carboxylic acids is 1. The van der Waals surface area contributed by atoms with Gasteiger partial charge in [-0.25, -0.2) is 9.07 Å². The molecule has 0 aliphatic rings. The van der Waals surface area contributed by atoms with E-state index in [0.717, 1.165) is 0 Å². The van der Waals surface area contributed by atoms with E-state index in [2.05, 4.69) is 10.4 Å². The summed E-state index contributed by atoms with van der Waals surface area (Å²) in [6, 6.07) is 7.96. The van der Waals surface area contributed by atoms with Crippen LogP contribution in [0.4, 0.5) is 10.2 Å². The van der Waals surface area contributed by atoms with Crippen molar-refractivity contribution >= 4 is 11.7 Å². The van der Waals surface area contributed by atoms with Gasteiger partial charge in [0.2, 0.25) is 5.91 Å². The van der Waals surface area contributed by atoms with E-state index in [9.17, 15) is 9.18 Å². The molecule has 0 saturated heterocycles. The highest BCUT2D eigenvalue weighted by molar-refractivity contribution is 5.88. The first-order valence-electron chi connectivity index (χ1n) is 5.17. The minimum atomic E-state index is -0.387. The first kappa shape index (κ1) is 11.3. The van der Waals surface area contributed by atoms with Crippen LogP contribution in [0.25, 0.3) is 5.69 Å². The van der Waals surface area contributed by atoms with Crippen LogP contribution in [0.3, 0.4) is 0 Å². The standard InChI is InChI=1S/C12H12FN3O/c1-8-7-12(14-9(2)17)16(15-8)11-6-4-3-5-10(11)13/h3-7H,1-2H3,(H,14,17). The van der Waals surface area contributed by atoms with Crippen molar-refractivity contribution in [2.75, 3.05) is 5.32 Å². The number of nitrogens with zero attached hydrogens (tertiary/aromatic N) is 2. The minimum Gasteiger partial charge on any atom is -0.311 e. The molecule has 1 amide bonds. The van der Waals surface area contributed by atoms with Crippen LogP contribution in [0, 0.1) is 12.7 Å². The summed E-state index contributed by atoms with van der Waals surface area (Å²) in [5, 5.41) is 6.77. The number of aryl methyl sites for hydroxylation is 1. The molecule has 0 radical (unpaired) electrons. The fourth-order valence-corrected chi connectivity index (χ4v) is 1.58. The second-order valence-corrected chi connectivity index (χ2v) is 3.72. The average Bonchev–Trinajstić information content (AvgIpc) is 2.59. The van der Waals surface area contributed by atoms with Crippen molar-refractivity contribution in [3.05, 3.63) is 41.8 Å². The molecule has 0 saturated carbocycles. The second kappa shape index (κ2) is 4.37. The summed E-state index contributed by atoms with van der Waals surface area (Å²) in [5.74, 6) is -0.148. The van der Waals surface area contributed by atoms with Gasteiger partial charge in [-0.3, -0.25) is 4.79 Å². The van der Waals surface area contributed by atoms with Crippen LogP contribution in [0.5, 0.6) is 0 Å². The number of carbonyl (C=O) groups is 1. The molecule has 1 aromatic carbocycles. The van der Waals surface area contributed by atoms with Crippen LogP contribution in [-0.4, -0.2) is 15.7 Å². The van der Waals surface area contributed by atoms with Gasteiger partial charge < -0.3 is 5.32 Å². The molecule has 88 valence electrons. The van der Waals surface area contributed by atoms with Crippen molar-refractivity contribution in [1.82, 2.24) is 9.78 Å². The summed E-state index contributed by atoms with van der Waals surface area (Å²) in [6.07, 6.45) is 0. The predicted molar refractivity (Wildman–Crippen MR) is 62.6 cm³/mol. The van der Waals surface area contributed by atoms with E-state index in [-0.39, 0.29) is 11.7 Å². The number of halogens is 1. The summed E-state index contributed by atoms with van der Waals surface area (Å²) in [5.41, 5.74) is 1.02. The van der Waals surface area contributed by atoms with Gasteiger partial charge in [0.15, 0.2) is 0 Å². The average molecular weight is 233 g/mol. The molecular formula is C12H12FN3O. The largest absolute Gasteiger partial charge is 0.311 e. The van der Waals surface area contributed by atoms with Gasteiger partial charge in [0.25, 0.3) is 0 Å². The number of nitrogens with one attached hydrogen (secondary N) is 1. The monoisotopic (exact) mass is 233 g/mol. The maximum Gasteiger partial charge on any atom is 0.222 e. The van der Waals surface area contributed by atoms with Gasteiger partial charge in [0, 0.05) is 13.0 Å². The molecule has 0 fully saturated rings. The maximum absolute atomic E-state index is 13.6. The normalized spacial score (nSPS) is 10.3. The van der Waals surface area contributed by atoms with Gasteiger partial charge >= 0.3 is 0 Å². The van der Waals surface area contributed by atoms with Crippen molar-refractivity contribution in [2.24, 2.45) is 0 Å². The molecule has 17 heavy (non-hydrogen) atoms. The molecule has 1 aromatic heterocycles. The van der Waals surface area contributed by atoms with E-state index in [0.29, 0.717) is 17.2 Å². The highest BCUT2D eigenvalue weighted by Gasteiger charge is 2.11. The quantitative estimate of drug-likeness (QED) is 0.865. The van der Waals surface area contributed by atoms with Gasteiger partial charge in [0.1, 0.15) is 17.3 Å². The third kappa shape index (κ3) is 2.33. The zero-order chi connectivity index (χ0) is 12.4. The number of amides is 1. The predicted octanol–water partition coefficient (Wildman–Crippen LogP) is 2.28. The number of hydrogen-bond donors (Lipinski definition) is 1. The number of para-hydroxylation sites is 1. The fourth-order valence-electron chi connectivity index (χ4n) is 1.58. The summed E-state index contributed by atoms with van der Waals surface area (Å²) in [6.45, 7) is 3.18. The maximum atomic E-state index is 13.6. The van der Waals surface area contributed by atoms with Crippen LogP contribution in [0.2, 0.25) is 0 Å². The number of anilines is 1. The Labute approximate surface area is 98.1 Å². The molecule has 1 heterocycles. The van der Waals surface area contributed by atoms with Gasteiger partial charge in [-0.05, 0) is 19.1 Å². The van der Waals surface area contributed by atoms with E-state index >= 15 is 0 Å². The number of rotatable bonds is 2. The lowest BCUT2D eigenvalue weighted by Gasteiger charge is -2.07. The van der Waals surface area contributed by atoms with Crippen LogP contribution in [-0.2, 0) is 4.79 Å². The van der Waals surface area contributed by atoms with Crippen molar-refractivity contribution in [1.29, 1.82) is 0 Å². The Kier molecular flexibility index (Phi) is 2.91. The highest BCUT2D eigenvalue weighted by atomic mass is 19.1. The Morgan fingerprint density at radius 1 is 1.41 bits per heavy atom. The van der Waals surface area contributed by atoms with E-state index in [4.69, 9.17) is 0 Å². The Bertz CT molecular complexity index is 563. The Morgan fingerprint density at radius 3 is 2.76 bits per heavy atom. The van der Waals surface area contributed by atoms with Crippen LogP contribution in [0.1, 0.15) is 12.6 Å². The first-order chi connectivity index (χ1) is 8.08. The third-order valence-electron chi connectivity index (χ3n) is 2.22. The van der Waals surface area contributed by atoms with E-state index < -0.39 is 0 Å². The highest BCUT2D eigenvalue weighted by Crippen LogP contribution is 2.19. The third-order valence-corrected chi connectivity index (χ3v) is 2.22. The van der Waals surface area contributed by atoms with Gasteiger partial charge in [0.05, 0.1) is 5.69 Å². The summed E-state index contributed by atoms with van der Waals surface area (Å²) in [4.78, 5) is 11.0. The smallest absolute Gasteiger partial charge is 0.222 e. The molecule has 1 N–H and O–H groups in total. The van der Waals surface area contributed by atoms with Gasteiger partial charge in [-0.15, -0.1) is 0 Å². The van der Waals surface area contributed by atoms with Crippen molar-refractivity contribution in [2.45, 2.75) is 13.8 Å². The van der Waals surface area contributed by atoms with E-state index in [1.165, 1.54) is 17.7 Å². The molecule has 5 heteroatoms. The molecule has 4 nitrogen and oxygen atoms in total. The zero-order valence-corrected chi connectivity index (χ0v) is 9.57. The lowest BCUT2D eigenvalue weighted by atomic mass is 10.3. The van der Waals surface area contributed by atoms with Gasteiger partial charge in [-0.1, -0.05) is 12.1 Å². The molecular weight excluding hydrogens is 221 g/mol. The molecule has 0 aliphatic carbocycles. The first-order valence-corrected chi connectivity index (χ1v) is 5.17. The van der Waals surface area contributed by atoms with Crippen molar-refractivity contribution in [3.8, 4) is 5.69 Å². The molecule has 0 unspecified atom stereocenters. The number of benzene rings is 1. The van der Waals surface area contributed by atoms with Crippen LogP contribution >= 0.6 is 0 Å². The zero-order valence-electron chi connectivity index (χ0n) is 9.57. The molecule has 0 bridgehead atoms. The Balaban J connectivity index is 2.51. The van der Waals surface area contributed by atoms with Crippen LogP contribution in [0.15, 0.2) is 30.3 Å². The van der Waals surface area contributed by atoms with E-state index in [1.807, 2.05) is 0 Å². The van der Waals surface area contributed by atoms with E-state index in [1.54, 1.807) is 31.2 Å². The van der Waals surface area contributed by atoms with Gasteiger partial charge in [-0.2, -0.15) is 5.10 Å². The molecule has 0 spiro atoms. The number of hydrogen-bond acceptors (Lipinski definition) is 2.